The zero-order valence-electron chi connectivity index (χ0n) is 66.2. The van der Waals surface area contributed by atoms with Crippen molar-refractivity contribution in [1.82, 2.24) is 31.9 Å². The number of benzene rings is 1. The third-order valence-electron chi connectivity index (χ3n) is 13.1. The molecule has 112 heavy (non-hydrogen) atoms. The van der Waals surface area contributed by atoms with E-state index in [9.17, 15) is 86.3 Å². The number of rotatable bonds is 40. The van der Waals surface area contributed by atoms with Crippen molar-refractivity contribution in [3.63, 3.8) is 0 Å². The van der Waals surface area contributed by atoms with Crippen LogP contribution in [0.5, 0.6) is 0 Å². The predicted molar refractivity (Wildman–Crippen MR) is 401 cm³/mol. The highest BCUT2D eigenvalue weighted by Gasteiger charge is 2.22. The van der Waals surface area contributed by atoms with E-state index in [-0.39, 0.29) is 86.9 Å². The number of amides is 6. The number of carbonyl (C=O) groups is 18. The van der Waals surface area contributed by atoms with Crippen LogP contribution < -0.4 is 31.9 Å². The van der Waals surface area contributed by atoms with Gasteiger partial charge in [-0.25, -0.2) is 57.5 Å². The van der Waals surface area contributed by atoms with E-state index in [4.69, 9.17) is 28.4 Å². The molecule has 0 atom stereocenters. The minimum Gasteiger partial charge on any atom is -0.466 e. The van der Waals surface area contributed by atoms with E-state index in [0.29, 0.717) is 89.8 Å². The van der Waals surface area contributed by atoms with Crippen molar-refractivity contribution < 1.29 is 143 Å². The Morgan fingerprint density at radius 3 is 0.938 bits per heavy atom. The van der Waals surface area contributed by atoms with Gasteiger partial charge in [-0.15, -0.1) is 0 Å². The summed E-state index contributed by atoms with van der Waals surface area (Å²) in [5, 5.41) is 16.2. The number of carbonyl (C=O) groups excluding carboxylic acids is 18. The van der Waals surface area contributed by atoms with Gasteiger partial charge in [-0.3, -0.25) is 28.8 Å². The molecule has 626 valence electrons. The van der Waals surface area contributed by atoms with Gasteiger partial charge in [-0.05, 0) is 63.5 Å². The highest BCUT2D eigenvalue weighted by molar-refractivity contribution is 5.96. The predicted octanol–water partition coefficient (Wildman–Crippen LogP) is 3.62. The summed E-state index contributed by atoms with van der Waals surface area (Å²) in [5.74, 6) is -7.62. The lowest BCUT2D eigenvalue weighted by atomic mass is 9.89. The van der Waals surface area contributed by atoms with Crippen LogP contribution in [0.3, 0.4) is 0 Å². The molecule has 2 rings (SSSR count). The van der Waals surface area contributed by atoms with Gasteiger partial charge < -0.3 is 88.7 Å². The first kappa shape index (κ1) is 106. The van der Waals surface area contributed by atoms with Crippen LogP contribution in [0.4, 0.5) is 0 Å². The van der Waals surface area contributed by atoms with Crippen LogP contribution in [0.2, 0.25) is 0 Å². The monoisotopic (exact) mass is 1590 g/mol. The fourth-order valence-electron chi connectivity index (χ4n) is 7.10. The fraction of sp³-hybridized carbons (Fsp3) is 0.526. The number of esters is 12. The third kappa shape index (κ3) is 71.1. The van der Waals surface area contributed by atoms with Gasteiger partial charge >= 0.3 is 71.6 Å². The Morgan fingerprint density at radius 2 is 0.652 bits per heavy atom. The van der Waals surface area contributed by atoms with E-state index in [1.807, 2.05) is 26.8 Å². The van der Waals surface area contributed by atoms with Crippen LogP contribution in [-0.4, -0.2) is 229 Å². The van der Waals surface area contributed by atoms with Crippen molar-refractivity contribution in [2.75, 3.05) is 122 Å². The van der Waals surface area contributed by atoms with Crippen LogP contribution in [0.25, 0.3) is 0 Å². The molecular formula is C76H112N6O30. The molecule has 36 nitrogen and oxygen atoms in total. The molecule has 1 fully saturated rings. The Bertz CT molecular complexity index is 3240. The summed E-state index contributed by atoms with van der Waals surface area (Å²) in [6.07, 6.45) is 20.9. The van der Waals surface area contributed by atoms with Gasteiger partial charge in [0, 0.05) is 148 Å². The van der Waals surface area contributed by atoms with Crippen LogP contribution in [-0.2, 0) is 138 Å². The molecule has 1 aromatic rings. The summed E-state index contributed by atoms with van der Waals surface area (Å²) in [7, 11) is 7.31. The first-order valence-corrected chi connectivity index (χ1v) is 35.4. The van der Waals surface area contributed by atoms with Gasteiger partial charge in [0.05, 0.1) is 82.3 Å². The molecule has 1 aromatic carbocycles. The molecule has 0 radical (unpaired) electrons. The summed E-state index contributed by atoms with van der Waals surface area (Å²) in [6, 6.07) is 8.83. The average molecular weight is 1590 g/mol. The highest BCUT2D eigenvalue weighted by Crippen LogP contribution is 2.23. The van der Waals surface area contributed by atoms with Crippen molar-refractivity contribution in [1.29, 1.82) is 0 Å². The van der Waals surface area contributed by atoms with E-state index in [1.54, 1.807) is 45.0 Å². The maximum absolute atomic E-state index is 11.8. The largest absolute Gasteiger partial charge is 0.466 e. The summed E-state index contributed by atoms with van der Waals surface area (Å²) in [4.78, 5) is 198. The fourth-order valence-corrected chi connectivity index (χ4v) is 7.10. The van der Waals surface area contributed by atoms with Crippen molar-refractivity contribution in [3.8, 4) is 0 Å². The Kier molecular flexibility index (Phi) is 67.3. The van der Waals surface area contributed by atoms with E-state index < -0.39 is 77.0 Å². The molecule has 0 unspecified atom stereocenters. The van der Waals surface area contributed by atoms with Crippen LogP contribution >= 0.6 is 0 Å². The van der Waals surface area contributed by atoms with E-state index >= 15 is 0 Å². The maximum atomic E-state index is 11.8. The number of ether oxygens (including phenoxy) is 12. The molecule has 0 saturated heterocycles. The lowest BCUT2D eigenvalue weighted by molar-refractivity contribution is -0.139. The second kappa shape index (κ2) is 70.8. The highest BCUT2D eigenvalue weighted by atomic mass is 16.6. The Balaban J connectivity index is -0.000000627. The van der Waals surface area contributed by atoms with Crippen molar-refractivity contribution in [3.05, 3.63) is 109 Å². The first-order chi connectivity index (χ1) is 53.2. The van der Waals surface area contributed by atoms with Crippen molar-refractivity contribution in [2.45, 2.75) is 126 Å². The first-order valence-electron chi connectivity index (χ1n) is 35.4. The number of methoxy groups -OCH3 is 6. The second-order valence-electron chi connectivity index (χ2n) is 23.7. The standard InChI is InChI=1S/C15H23NO5.C15H17NO5.C13H21NO5.C12H19NO5.C11H17NO5.C10H15NO5/c2*1-20-13(17)8-9-14(18)21-11-5-10-16-15(19)12-6-3-2-4-7-12;1-13(2,3)12(17)14-8-5-9-19-11(16)7-6-10(15)18-4;1-9(2)12(16)13-7-4-8-18-11(15)6-5-10(14)17-3;1-3-9(13)12-7-4-8-17-11(15)6-5-10(14)16-2;1-8(12)11-6-3-7-16-10(14)5-4-9(13)15-2/h8-9,12H,2-7,10-11H2,1H3,(H,16,19);2-4,6-9H,5,10-11H2,1H3,(H,16,19);6-7H,5,8-9H2,1-4H3,(H,14,17);5-6,9H,4,7-8H2,1-3H3,(H,13,16);5-6H,3-4,7-8H2,1-2H3,(H,12,13);4-5H,3,6-7H2,1-2H3,(H,11,12)/b2*9-8+;7-6+;2*6-5+;5-4+. The Labute approximate surface area is 652 Å². The number of nitrogens with one attached hydrogen (secondary N) is 6. The summed E-state index contributed by atoms with van der Waals surface area (Å²) in [6.45, 7) is 16.0. The maximum Gasteiger partial charge on any atom is 0.331 e. The smallest absolute Gasteiger partial charge is 0.331 e. The van der Waals surface area contributed by atoms with Crippen LogP contribution in [0.15, 0.2) is 103 Å². The van der Waals surface area contributed by atoms with Crippen molar-refractivity contribution >= 4 is 107 Å². The third-order valence-corrected chi connectivity index (χ3v) is 13.1. The molecule has 1 aliphatic rings. The molecule has 1 aliphatic carbocycles. The summed E-state index contributed by atoms with van der Waals surface area (Å²) >= 11 is 0. The molecule has 6 N–H and O–H groups in total. The molecule has 0 spiro atoms. The molecule has 0 heterocycles. The van der Waals surface area contributed by atoms with Crippen molar-refractivity contribution in [2.24, 2.45) is 17.3 Å². The van der Waals surface area contributed by atoms with Gasteiger partial charge in [0.2, 0.25) is 29.5 Å². The van der Waals surface area contributed by atoms with Gasteiger partial charge in [-0.1, -0.05) is 79.0 Å². The van der Waals surface area contributed by atoms with Crippen LogP contribution in [0.1, 0.15) is 136 Å². The minimum atomic E-state index is -0.630. The molecular weight excluding hydrogens is 1480 g/mol. The molecule has 1 saturated carbocycles. The van der Waals surface area contributed by atoms with E-state index in [0.717, 1.165) is 98.6 Å². The molecule has 0 aliphatic heterocycles. The molecule has 36 heteroatoms. The van der Waals surface area contributed by atoms with Gasteiger partial charge in [0.1, 0.15) is 0 Å². The lowest BCUT2D eigenvalue weighted by Gasteiger charge is -2.20. The Hall–Kier alpha value is -11.9. The summed E-state index contributed by atoms with van der Waals surface area (Å²) in [5.41, 5.74) is 0.149. The summed E-state index contributed by atoms with van der Waals surface area (Å²) < 4.78 is 54.7. The average Bonchev–Trinajstić information content (AvgIpc) is 0.924. The van der Waals surface area contributed by atoms with Gasteiger partial charge in [-0.2, -0.15) is 0 Å². The minimum absolute atomic E-state index is 0.0353. The molecule has 0 bridgehead atoms. The SMILES string of the molecule is CCC(=O)NCCCOC(=O)/C=C/C(=O)OC.COC(=O)/C=C/C(=O)OCCCNC(=O)C(C)(C)C.COC(=O)/C=C/C(=O)OCCCNC(=O)C(C)C.COC(=O)/C=C/C(=O)OCCCNC(=O)C1CCCCC1.COC(=O)/C=C/C(=O)OCCCNC(=O)c1ccccc1.COC(=O)/C=C/C(=O)OCCCNC(C)=O. The molecule has 0 aromatic heterocycles. The van der Waals surface area contributed by atoms with E-state index in [2.05, 4.69) is 60.3 Å². The van der Waals surface area contributed by atoms with Crippen LogP contribution in [0, 0.1) is 17.3 Å². The number of hydrogen-bond acceptors (Lipinski definition) is 30. The number of hydrogen-bond donors (Lipinski definition) is 6. The van der Waals surface area contributed by atoms with Gasteiger partial charge in [0.15, 0.2) is 0 Å². The normalized spacial score (nSPS) is 11.3. The Morgan fingerprint density at radius 1 is 0.375 bits per heavy atom. The molecule has 6 amide bonds. The quantitative estimate of drug-likeness (QED) is 0.0236. The lowest BCUT2D eigenvalue weighted by Crippen LogP contribution is -2.35. The second-order valence-corrected chi connectivity index (χ2v) is 23.7. The van der Waals surface area contributed by atoms with Gasteiger partial charge in [0.25, 0.3) is 5.91 Å². The van der Waals surface area contributed by atoms with E-state index in [1.165, 1.54) is 56.0 Å². The zero-order valence-corrected chi connectivity index (χ0v) is 66.2. The zero-order chi connectivity index (χ0) is 85.3. The topological polar surface area (TPSA) is 490 Å².